The van der Waals surface area contributed by atoms with Gasteiger partial charge in [0.05, 0.1) is 22.8 Å². The van der Waals surface area contributed by atoms with E-state index in [1.807, 2.05) is 24.3 Å². The van der Waals surface area contributed by atoms with E-state index < -0.39 is 0 Å². The number of rotatable bonds is 11. The Morgan fingerprint density at radius 3 is 1.55 bits per heavy atom. The van der Waals surface area contributed by atoms with E-state index in [1.165, 1.54) is 17.3 Å². The van der Waals surface area contributed by atoms with Crippen LogP contribution in [0.3, 0.4) is 0 Å². The van der Waals surface area contributed by atoms with E-state index in [2.05, 4.69) is 102 Å². The number of hydrogen-bond acceptors (Lipinski definition) is 8. The van der Waals surface area contributed by atoms with E-state index in [4.69, 9.17) is 14.5 Å². The lowest BCUT2D eigenvalue weighted by Crippen LogP contribution is -2.09. The Balaban J connectivity index is 1.27. The van der Waals surface area contributed by atoms with Gasteiger partial charge >= 0.3 is 0 Å². The van der Waals surface area contributed by atoms with E-state index in [0.29, 0.717) is 41.5 Å². The Bertz CT molecular complexity index is 2000. The first-order valence-corrected chi connectivity index (χ1v) is 14.9. The first-order valence-electron chi connectivity index (χ1n) is 14.9. The number of aromatic nitrogens is 3. The Labute approximate surface area is 272 Å². The van der Waals surface area contributed by atoms with Crippen LogP contribution in [0.1, 0.15) is 22.3 Å². The molecule has 0 radical (unpaired) electrons. The highest BCUT2D eigenvalue weighted by Crippen LogP contribution is 2.35. The molecule has 0 aliphatic rings. The zero-order valence-electron chi connectivity index (χ0n) is 25.8. The van der Waals surface area contributed by atoms with Gasteiger partial charge in [-0.05, 0) is 79.6 Å². The van der Waals surface area contributed by atoms with Gasteiger partial charge in [-0.2, -0.15) is 0 Å². The zero-order chi connectivity index (χ0) is 32.6. The maximum absolute atomic E-state index is 11.2. The minimum atomic E-state index is 0.275. The summed E-state index contributed by atoms with van der Waals surface area (Å²) < 4.78 is 10.1. The first-order chi connectivity index (χ1) is 23.0. The van der Waals surface area contributed by atoms with Crippen molar-refractivity contribution in [3.05, 3.63) is 144 Å². The summed E-state index contributed by atoms with van der Waals surface area (Å²) in [6, 6.07) is 35.6. The molecule has 0 spiro atoms. The Morgan fingerprint density at radius 2 is 0.979 bits per heavy atom. The molecule has 0 fully saturated rings. The summed E-state index contributed by atoms with van der Waals surface area (Å²) in [4.78, 5) is 37.8. The van der Waals surface area contributed by atoms with Crippen molar-refractivity contribution in [1.29, 1.82) is 0 Å². The minimum Gasteiger partial charge on any atom is -0.429 e. The molecule has 0 saturated heterocycles. The number of anilines is 3. The Hall–Kier alpha value is -6.41. The second-order valence-electron chi connectivity index (χ2n) is 10.8. The summed E-state index contributed by atoms with van der Waals surface area (Å²) in [6.45, 7) is 4.86. The van der Waals surface area contributed by atoms with Crippen LogP contribution in [0.4, 0.5) is 17.1 Å². The largest absolute Gasteiger partial charge is 0.429 e. The maximum atomic E-state index is 11.2. The molecule has 6 rings (SSSR count). The van der Waals surface area contributed by atoms with Crippen LogP contribution in [0.15, 0.2) is 122 Å². The lowest BCUT2D eigenvalue weighted by molar-refractivity contribution is -0.121. The van der Waals surface area contributed by atoms with E-state index in [1.54, 1.807) is 30.5 Å². The quantitative estimate of drug-likeness (QED) is 0.133. The highest BCUT2D eigenvalue weighted by atomic mass is 16.5. The van der Waals surface area contributed by atoms with Crippen LogP contribution in [0.5, 0.6) is 11.5 Å². The first kappa shape index (κ1) is 30.6. The minimum absolute atomic E-state index is 0.275. The summed E-state index contributed by atoms with van der Waals surface area (Å²) >= 11 is 0. The lowest BCUT2D eigenvalue weighted by atomic mass is 10.1. The molecule has 0 amide bonds. The van der Waals surface area contributed by atoms with Crippen LogP contribution < -0.4 is 14.4 Å². The maximum Gasteiger partial charge on any atom is 0.298 e. The van der Waals surface area contributed by atoms with Crippen molar-refractivity contribution in [3.8, 4) is 34.3 Å². The summed E-state index contributed by atoms with van der Waals surface area (Å²) in [5.74, 6) is 0.586. The van der Waals surface area contributed by atoms with Gasteiger partial charge in [0, 0.05) is 47.7 Å². The highest BCUT2D eigenvalue weighted by molar-refractivity contribution is 5.79. The number of hydrogen-bond donors (Lipinski definition) is 0. The highest BCUT2D eigenvalue weighted by Gasteiger charge is 2.13. The van der Waals surface area contributed by atoms with Gasteiger partial charge in [-0.25, -0.2) is 4.98 Å². The molecule has 8 nitrogen and oxygen atoms in total. The number of pyridine rings is 3. The molecule has 0 unspecified atom stereocenters. The van der Waals surface area contributed by atoms with Gasteiger partial charge in [-0.15, -0.1) is 0 Å². The fourth-order valence-corrected chi connectivity index (χ4v) is 5.02. The molecule has 3 aromatic carbocycles. The Kier molecular flexibility index (Phi) is 9.20. The van der Waals surface area contributed by atoms with Crippen molar-refractivity contribution in [3.63, 3.8) is 0 Å². The molecular weight excluding hydrogens is 588 g/mol. The average Bonchev–Trinajstić information content (AvgIpc) is 3.10. The molecule has 0 bridgehead atoms. The summed E-state index contributed by atoms with van der Waals surface area (Å²) in [7, 11) is 0. The number of carbonyl (C=O) groups excluding carboxylic acids is 2. The van der Waals surface area contributed by atoms with Crippen LogP contribution >= 0.6 is 0 Å². The molecule has 0 saturated carbocycles. The molecule has 0 aliphatic heterocycles. The normalized spacial score (nSPS) is 10.9. The van der Waals surface area contributed by atoms with Crippen molar-refractivity contribution in [2.24, 2.45) is 0 Å². The third-order valence-electron chi connectivity index (χ3n) is 7.41. The molecule has 0 N–H and O–H groups in total. The monoisotopic (exact) mass is 618 g/mol. The molecule has 8 heteroatoms. The molecule has 0 aliphatic carbocycles. The number of ether oxygens (including phenoxy) is 2. The third-order valence-corrected chi connectivity index (χ3v) is 7.41. The van der Waals surface area contributed by atoms with Crippen LogP contribution in [0, 0.1) is 13.8 Å². The molecule has 47 heavy (non-hydrogen) atoms. The third kappa shape index (κ3) is 7.46. The smallest absolute Gasteiger partial charge is 0.298 e. The van der Waals surface area contributed by atoms with E-state index >= 15 is 0 Å². The fourth-order valence-electron chi connectivity index (χ4n) is 5.02. The summed E-state index contributed by atoms with van der Waals surface area (Å²) in [5, 5.41) is 0. The fraction of sp³-hybridized carbons (Fsp3) is 0.0513. The van der Waals surface area contributed by atoms with Gasteiger partial charge < -0.3 is 14.4 Å². The molecular formula is C39H30N4O4. The standard InChI is InChI=1S/C39H30N4O4/c1-27-3-11-31(12-4-27)43(32-13-5-28(2)6-14-32)33-15-9-29(10-16-33)7-8-30-17-19-40-36(21-30)38-23-35(47-26-45)24-39(42-38)37-22-34(46-25-44)18-20-41-37/h3-26H,1-2H3/b8-7+. The van der Waals surface area contributed by atoms with Crippen LogP contribution in [0.25, 0.3) is 34.9 Å². The molecule has 3 heterocycles. The van der Waals surface area contributed by atoms with Crippen LogP contribution in [-0.2, 0) is 9.59 Å². The second kappa shape index (κ2) is 14.1. The van der Waals surface area contributed by atoms with Crippen molar-refractivity contribution >= 4 is 42.2 Å². The number of nitrogens with zero attached hydrogens (tertiary/aromatic N) is 4. The van der Waals surface area contributed by atoms with Gasteiger partial charge in [0.2, 0.25) is 0 Å². The molecule has 3 aromatic heterocycles. The van der Waals surface area contributed by atoms with E-state index in [9.17, 15) is 9.59 Å². The van der Waals surface area contributed by atoms with Crippen LogP contribution in [-0.4, -0.2) is 27.9 Å². The van der Waals surface area contributed by atoms with Gasteiger partial charge in [0.15, 0.2) is 0 Å². The summed E-state index contributed by atoms with van der Waals surface area (Å²) in [6.07, 6.45) is 7.25. The SMILES string of the molecule is Cc1ccc(N(c2ccc(C)cc2)c2ccc(/C=C/c3ccnc(-c4cc(OC=O)cc(-c5cc(OC=O)ccn5)n4)c3)cc2)cc1. The lowest BCUT2D eigenvalue weighted by Gasteiger charge is -2.25. The van der Waals surface area contributed by atoms with Crippen molar-refractivity contribution in [1.82, 2.24) is 15.0 Å². The van der Waals surface area contributed by atoms with E-state index in [0.717, 1.165) is 28.2 Å². The topological polar surface area (TPSA) is 94.5 Å². The van der Waals surface area contributed by atoms with Crippen molar-refractivity contribution in [2.75, 3.05) is 4.90 Å². The average molecular weight is 619 g/mol. The van der Waals surface area contributed by atoms with E-state index in [-0.39, 0.29) is 5.75 Å². The number of benzene rings is 3. The number of aryl methyl sites for hydroxylation is 2. The molecule has 0 atom stereocenters. The summed E-state index contributed by atoms with van der Waals surface area (Å²) in [5.41, 5.74) is 9.50. The Morgan fingerprint density at radius 1 is 0.511 bits per heavy atom. The van der Waals surface area contributed by atoms with Crippen molar-refractivity contribution < 1.29 is 19.1 Å². The zero-order valence-corrected chi connectivity index (χ0v) is 25.8. The predicted octanol–water partition coefficient (Wildman–Crippen LogP) is 8.53. The molecule has 230 valence electrons. The van der Waals surface area contributed by atoms with Gasteiger partial charge in [0.1, 0.15) is 11.5 Å². The predicted molar refractivity (Wildman–Crippen MR) is 184 cm³/mol. The second-order valence-corrected chi connectivity index (χ2v) is 10.8. The van der Waals surface area contributed by atoms with Gasteiger partial charge in [0.25, 0.3) is 12.9 Å². The van der Waals surface area contributed by atoms with Gasteiger partial charge in [-0.3, -0.25) is 19.6 Å². The number of carbonyl (C=O) groups is 2. The molecule has 6 aromatic rings. The van der Waals surface area contributed by atoms with Crippen molar-refractivity contribution in [2.45, 2.75) is 13.8 Å². The van der Waals surface area contributed by atoms with Gasteiger partial charge in [-0.1, -0.05) is 59.7 Å². The van der Waals surface area contributed by atoms with Crippen LogP contribution in [0.2, 0.25) is 0 Å².